The first-order valence-electron chi connectivity index (χ1n) is 16.6. The van der Waals surface area contributed by atoms with E-state index in [4.69, 9.17) is 40.9 Å². The lowest BCUT2D eigenvalue weighted by Crippen LogP contribution is -2.36. The topological polar surface area (TPSA) is 351 Å². The molecule has 7 rings (SSSR count). The predicted molar refractivity (Wildman–Crippen MR) is 180 cm³/mol. The average molecular weight is 759 g/mol. The zero-order valence-electron chi connectivity index (χ0n) is 28.2. The molecule has 3 fully saturated rings. The van der Waals surface area contributed by atoms with Gasteiger partial charge in [0.05, 0.1) is 31.6 Å². The van der Waals surface area contributed by atoms with E-state index in [1.165, 1.54) is 41.9 Å². The quantitative estimate of drug-likeness (QED) is 0.0595. The van der Waals surface area contributed by atoms with Crippen molar-refractivity contribution in [1.29, 1.82) is 0 Å². The number of anilines is 3. The predicted octanol–water partition coefficient (Wildman–Crippen LogP) is -3.57. The Morgan fingerprint density at radius 1 is 0.926 bits per heavy atom. The van der Waals surface area contributed by atoms with Gasteiger partial charge in [-0.15, -0.1) is 0 Å². The third kappa shape index (κ3) is 6.98. The lowest BCUT2D eigenvalue weighted by atomic mass is 10.1. The molecule has 3 aliphatic heterocycles. The second-order valence-corrected chi connectivity index (χ2v) is 12.6. The zero-order valence-corrected chi connectivity index (χ0v) is 28.2. The van der Waals surface area contributed by atoms with Gasteiger partial charge in [-0.1, -0.05) is 0 Å². The summed E-state index contributed by atoms with van der Waals surface area (Å²) < 4.78 is 32.5. The van der Waals surface area contributed by atoms with Crippen LogP contribution in [0.1, 0.15) is 42.0 Å². The summed E-state index contributed by atoms with van der Waals surface area (Å²) in [6, 6.07) is 1.06. The number of nitrogens with two attached hydrogens (primary N) is 3. The van der Waals surface area contributed by atoms with Gasteiger partial charge in [-0.05, 0) is 18.9 Å². The van der Waals surface area contributed by atoms with Crippen LogP contribution in [0.3, 0.4) is 0 Å². The Morgan fingerprint density at radius 2 is 1.63 bits per heavy atom. The van der Waals surface area contributed by atoms with Crippen LogP contribution in [0.15, 0.2) is 42.2 Å². The second kappa shape index (κ2) is 15.1. The van der Waals surface area contributed by atoms with E-state index >= 15 is 0 Å². The number of nitrogens with zero attached hydrogens (tertiary/aromatic N) is 8. The Balaban J connectivity index is 0.983. The van der Waals surface area contributed by atoms with Crippen molar-refractivity contribution in [3.05, 3.63) is 53.6 Å². The number of nitrogen functional groups attached to an aromatic ring is 2. The fourth-order valence-electron chi connectivity index (χ4n) is 6.38. The van der Waals surface area contributed by atoms with Crippen LogP contribution in [0.4, 0.5) is 17.5 Å². The summed E-state index contributed by atoms with van der Waals surface area (Å²) in [4.78, 5) is 44.5. The first-order chi connectivity index (χ1) is 25.9. The van der Waals surface area contributed by atoms with Crippen molar-refractivity contribution in [3.8, 4) is 6.01 Å². The number of nitrogens with one attached hydrogen (secondary N) is 1. The van der Waals surface area contributed by atoms with Crippen LogP contribution in [0.25, 0.3) is 11.2 Å². The van der Waals surface area contributed by atoms with E-state index < -0.39 is 66.9 Å². The highest BCUT2D eigenvalue weighted by Gasteiger charge is 2.46. The van der Waals surface area contributed by atoms with Gasteiger partial charge in [0.1, 0.15) is 67.7 Å². The molecule has 10 atom stereocenters. The molecule has 0 radical (unpaired) electrons. The number of primary amides is 1. The number of aromatic nitrogens is 8. The fourth-order valence-corrected chi connectivity index (χ4v) is 6.38. The number of amides is 1. The van der Waals surface area contributed by atoms with Gasteiger partial charge >= 0.3 is 11.7 Å². The fraction of sp³-hybridized carbons (Fsp3) is 0.500. The molecule has 0 spiro atoms. The summed E-state index contributed by atoms with van der Waals surface area (Å²) in [7, 11) is 0. The molecule has 0 saturated carbocycles. The Labute approximate surface area is 303 Å². The summed E-state index contributed by atoms with van der Waals surface area (Å²) >= 11 is 0. The monoisotopic (exact) mass is 758 g/mol. The number of hydrogen-bond acceptors (Lipinski definition) is 20. The van der Waals surface area contributed by atoms with E-state index in [0.717, 1.165) is 4.57 Å². The molecule has 0 aromatic carbocycles. The normalized spacial score (nSPS) is 29.7. The molecule has 3 aliphatic rings. The number of hydrogen-bond donors (Lipinski definition) is 9. The maximum atomic E-state index is 12.3. The molecule has 7 heterocycles. The van der Waals surface area contributed by atoms with Crippen molar-refractivity contribution in [1.82, 2.24) is 38.6 Å². The highest BCUT2D eigenvalue weighted by Crippen LogP contribution is 2.34. The van der Waals surface area contributed by atoms with Gasteiger partial charge in [-0.3, -0.25) is 18.5 Å². The largest absolute Gasteiger partial charge is 0.497 e. The molecular formula is C30H38N12O12. The third-order valence-corrected chi connectivity index (χ3v) is 9.15. The molecular weight excluding hydrogens is 720 g/mol. The van der Waals surface area contributed by atoms with E-state index in [0.29, 0.717) is 12.8 Å². The molecule has 0 bridgehead atoms. The number of aliphatic hydroxyl groups excluding tert-OH is 5. The first-order valence-corrected chi connectivity index (χ1v) is 16.6. The minimum Gasteiger partial charge on any atom is -0.497 e. The molecule has 0 aliphatic carbocycles. The van der Waals surface area contributed by atoms with E-state index in [1.54, 1.807) is 4.57 Å². The standard InChI is InChI=1S/C30H38N12O12/c31-15-3-5-40(30(49)37-15)27-21(46)20(45)14(54-27)9-51-29-38-23(32)17-26(39-29)42(11-35-17)28-22(47)19(44)13(53-28)8-50-6-4-34-25-18(24(33)48)36-10-41(25)16-2-1-12(7-43)52-16/h3-6,10-14,16,19-22,27-28,34,43-47H,1-2,7-9H2,(H2,33,48)(H2,31,37,49)(H2,32,38,39)/b6-4+/t12-,13+,14+,16+,19+,20+,21?,22-,27?,28+/m0/s1. The molecule has 1 amide bonds. The highest BCUT2D eigenvalue weighted by molar-refractivity contribution is 5.95. The summed E-state index contributed by atoms with van der Waals surface area (Å²) in [5.74, 6) is -0.653. The number of fused-ring (bicyclic) bond motifs is 1. The van der Waals surface area contributed by atoms with Crippen molar-refractivity contribution in [3.63, 3.8) is 0 Å². The van der Waals surface area contributed by atoms with Crippen LogP contribution in [0.5, 0.6) is 6.01 Å². The lowest BCUT2D eigenvalue weighted by molar-refractivity contribution is -0.0536. The molecule has 3 saturated heterocycles. The van der Waals surface area contributed by atoms with Crippen LogP contribution in [0, 0.1) is 0 Å². The lowest BCUT2D eigenvalue weighted by Gasteiger charge is -2.17. The summed E-state index contributed by atoms with van der Waals surface area (Å²) in [6.45, 7) is -0.736. The summed E-state index contributed by atoms with van der Waals surface area (Å²) in [5.41, 5.74) is 16.5. The minimum absolute atomic E-state index is 0.0272. The number of rotatable bonds is 13. The number of carbonyl (C=O) groups excluding carboxylic acids is 1. The molecule has 54 heavy (non-hydrogen) atoms. The van der Waals surface area contributed by atoms with E-state index in [9.17, 15) is 35.1 Å². The van der Waals surface area contributed by atoms with Gasteiger partial charge in [-0.2, -0.15) is 15.0 Å². The van der Waals surface area contributed by atoms with Crippen LogP contribution >= 0.6 is 0 Å². The number of imidazole rings is 2. The van der Waals surface area contributed by atoms with Crippen LogP contribution in [0.2, 0.25) is 0 Å². The summed E-state index contributed by atoms with van der Waals surface area (Å²) in [5, 5.41) is 55.2. The third-order valence-electron chi connectivity index (χ3n) is 9.15. The van der Waals surface area contributed by atoms with Gasteiger partial charge in [0.2, 0.25) is 0 Å². The smallest absolute Gasteiger partial charge is 0.351 e. The van der Waals surface area contributed by atoms with Crippen molar-refractivity contribution >= 4 is 34.5 Å². The Hall–Kier alpha value is -5.47. The van der Waals surface area contributed by atoms with Gasteiger partial charge < -0.3 is 71.7 Å². The van der Waals surface area contributed by atoms with Crippen molar-refractivity contribution < 1.29 is 54.0 Å². The number of carbonyl (C=O) groups is 1. The van der Waals surface area contributed by atoms with E-state index in [1.807, 2.05) is 0 Å². The molecule has 24 heteroatoms. The Morgan fingerprint density at radius 3 is 2.31 bits per heavy atom. The van der Waals surface area contributed by atoms with E-state index in [-0.39, 0.29) is 66.2 Å². The molecule has 24 nitrogen and oxygen atoms in total. The Bertz CT molecular complexity index is 2070. The zero-order chi connectivity index (χ0) is 38.3. The van der Waals surface area contributed by atoms with Crippen LogP contribution in [-0.2, 0) is 18.9 Å². The Kier molecular flexibility index (Phi) is 10.3. The van der Waals surface area contributed by atoms with Crippen molar-refractivity contribution in [2.24, 2.45) is 5.73 Å². The van der Waals surface area contributed by atoms with Crippen molar-refractivity contribution in [2.75, 3.05) is 36.6 Å². The van der Waals surface area contributed by atoms with Crippen LogP contribution in [-0.4, -0.2) is 133 Å². The van der Waals surface area contributed by atoms with Crippen LogP contribution < -0.4 is 32.9 Å². The average Bonchev–Trinajstić information content (AvgIpc) is 3.97. The molecule has 12 N–H and O–H groups in total. The van der Waals surface area contributed by atoms with E-state index in [2.05, 4.69) is 30.2 Å². The minimum atomic E-state index is -1.51. The molecule has 2 unspecified atom stereocenters. The van der Waals surface area contributed by atoms with Gasteiger partial charge in [0.15, 0.2) is 35.1 Å². The number of aliphatic hydroxyl groups is 5. The van der Waals surface area contributed by atoms with Gasteiger partial charge in [0, 0.05) is 12.4 Å². The maximum Gasteiger partial charge on any atom is 0.351 e. The summed E-state index contributed by atoms with van der Waals surface area (Å²) in [6.07, 6.45) is -3.55. The van der Waals surface area contributed by atoms with Gasteiger partial charge in [0.25, 0.3) is 5.91 Å². The molecule has 290 valence electrons. The second-order valence-electron chi connectivity index (χ2n) is 12.6. The molecule has 4 aromatic rings. The number of ether oxygens (including phenoxy) is 5. The SMILES string of the molecule is NC(=O)c1ncn([C@H]2CC[C@@H](CO)O2)c1N/C=C/OC[C@H]1O[C@@H](n2cnc3c(N)nc(OC[C@H]4OC(n5ccc(N)nc5=O)C(O)[C@@H]4O)nc32)[C@@H](O)[C@@H]1O. The first kappa shape index (κ1) is 36.9. The highest BCUT2D eigenvalue weighted by atomic mass is 16.6. The maximum absolute atomic E-state index is 12.3. The van der Waals surface area contributed by atoms with Crippen molar-refractivity contribution in [2.45, 2.75) is 74.3 Å². The van der Waals surface area contributed by atoms with Gasteiger partial charge in [-0.25, -0.2) is 14.8 Å². The molecule has 4 aromatic heterocycles.